The third-order valence-electron chi connectivity index (χ3n) is 5.48. The van der Waals surface area contributed by atoms with Crippen LogP contribution in [0.15, 0.2) is 36.4 Å². The van der Waals surface area contributed by atoms with Crippen LogP contribution in [0.4, 0.5) is 0 Å². The van der Waals surface area contributed by atoms with Crippen LogP contribution < -0.4 is 0 Å². The van der Waals surface area contributed by atoms with Gasteiger partial charge in [-0.25, -0.2) is 0 Å². The molecule has 3 nitrogen and oxygen atoms in total. The Bertz CT molecular complexity index is 733. The van der Waals surface area contributed by atoms with E-state index in [1.54, 1.807) is 12.1 Å². The number of benzene rings is 2. The maximum atomic E-state index is 9.69. The van der Waals surface area contributed by atoms with Crippen LogP contribution in [0.1, 0.15) is 22.3 Å². The summed E-state index contributed by atoms with van der Waals surface area (Å²) in [6.07, 6.45) is 2.98. The van der Waals surface area contributed by atoms with Crippen molar-refractivity contribution in [2.75, 3.05) is 6.23 Å². The lowest BCUT2D eigenvalue weighted by Gasteiger charge is -2.30. The van der Waals surface area contributed by atoms with Gasteiger partial charge < -0.3 is 14.6 Å². The Hall–Kier alpha value is -1.57. The molecule has 0 spiro atoms. The summed E-state index contributed by atoms with van der Waals surface area (Å²) in [6.45, 7) is 13.3. The molecular weight excluding hydrogens is 380 g/mol. The highest BCUT2D eigenvalue weighted by atomic mass is 28.4. The van der Waals surface area contributed by atoms with Crippen molar-refractivity contribution in [3.05, 3.63) is 58.7 Å². The molecule has 0 saturated heterocycles. The molecule has 0 unspecified atom stereocenters. The Kier molecular flexibility index (Phi) is 7.54. The molecule has 2 rings (SSSR count). The number of hydrogen-bond acceptors (Lipinski definition) is 3. The highest BCUT2D eigenvalue weighted by Crippen LogP contribution is 2.24. The average Bonchev–Trinajstić information content (AvgIpc) is 2.62. The van der Waals surface area contributed by atoms with E-state index in [2.05, 4.69) is 38.3 Å². The fourth-order valence-electron chi connectivity index (χ4n) is 3.21. The van der Waals surface area contributed by atoms with E-state index in [4.69, 9.17) is 4.43 Å². The number of phenolic OH excluding ortho intramolecular Hbond substituents is 2. The monoisotopic (exact) mass is 416 g/mol. The largest absolute Gasteiger partial charge is 0.508 e. The van der Waals surface area contributed by atoms with Gasteiger partial charge in [0, 0.05) is 6.23 Å². The molecule has 2 N–H and O–H groups in total. The normalized spacial score (nSPS) is 12.4. The van der Waals surface area contributed by atoms with Crippen LogP contribution in [0.2, 0.25) is 38.3 Å². The van der Waals surface area contributed by atoms with Crippen LogP contribution in [0, 0.1) is 13.8 Å². The minimum atomic E-state index is -1.71. The highest BCUT2D eigenvalue weighted by molar-refractivity contribution is 6.79. The molecule has 2 aromatic rings. The van der Waals surface area contributed by atoms with Gasteiger partial charge in [-0.1, -0.05) is 43.4 Å². The maximum Gasteiger partial charge on any atom is 0.186 e. The van der Waals surface area contributed by atoms with Gasteiger partial charge in [-0.05, 0) is 80.2 Å². The quantitative estimate of drug-likeness (QED) is 0.495. The summed E-state index contributed by atoms with van der Waals surface area (Å²) in [5.41, 5.74) is 4.47. The van der Waals surface area contributed by atoms with E-state index in [1.165, 1.54) is 17.2 Å². The summed E-state index contributed by atoms with van der Waals surface area (Å²) in [6, 6.07) is 14.1. The molecule has 0 bridgehead atoms. The minimum Gasteiger partial charge on any atom is -0.508 e. The topological polar surface area (TPSA) is 49.7 Å². The first-order valence-electron chi connectivity index (χ1n) is 10.2. The van der Waals surface area contributed by atoms with Crippen molar-refractivity contribution in [2.45, 2.75) is 65.0 Å². The van der Waals surface area contributed by atoms with Gasteiger partial charge in [0.1, 0.15) is 11.5 Å². The zero-order chi connectivity index (χ0) is 20.9. The van der Waals surface area contributed by atoms with Gasteiger partial charge in [-0.3, -0.25) is 0 Å². The third kappa shape index (κ3) is 7.11. The van der Waals surface area contributed by atoms with Gasteiger partial charge in [-0.15, -0.1) is 0 Å². The molecule has 154 valence electrons. The van der Waals surface area contributed by atoms with Crippen molar-refractivity contribution in [1.29, 1.82) is 0 Å². The standard InChI is InChI=1S/C23H36O3Si2/c1-18-15-20(7-9-22(18)24)11-13-27(3,4)17-26-28(5,6)14-12-21-8-10-23(25)19(2)16-21/h7-10,15-16,24-25H,11-14,17H2,1-6H3. The molecule has 0 atom stereocenters. The smallest absolute Gasteiger partial charge is 0.186 e. The van der Waals surface area contributed by atoms with E-state index in [1.807, 2.05) is 26.0 Å². The van der Waals surface area contributed by atoms with E-state index in [0.29, 0.717) is 11.5 Å². The highest BCUT2D eigenvalue weighted by Gasteiger charge is 2.28. The Morgan fingerprint density at radius 3 is 1.68 bits per heavy atom. The maximum absolute atomic E-state index is 9.69. The molecule has 28 heavy (non-hydrogen) atoms. The van der Waals surface area contributed by atoms with Crippen molar-refractivity contribution in [3.8, 4) is 11.5 Å². The Morgan fingerprint density at radius 1 is 0.750 bits per heavy atom. The van der Waals surface area contributed by atoms with E-state index in [-0.39, 0.29) is 0 Å². The predicted molar refractivity (Wildman–Crippen MR) is 124 cm³/mol. The molecule has 0 aliphatic carbocycles. The lowest BCUT2D eigenvalue weighted by molar-refractivity contribution is 0.365. The molecule has 5 heteroatoms. The summed E-state index contributed by atoms with van der Waals surface area (Å²) >= 11 is 0. The molecule has 0 radical (unpaired) electrons. The predicted octanol–water partition coefficient (Wildman–Crippen LogP) is 5.97. The zero-order valence-corrected chi connectivity index (χ0v) is 20.3. The summed E-state index contributed by atoms with van der Waals surface area (Å²) in [7, 11) is -3.15. The van der Waals surface area contributed by atoms with Crippen LogP contribution in [-0.2, 0) is 17.3 Å². The van der Waals surface area contributed by atoms with Crippen LogP contribution in [0.3, 0.4) is 0 Å². The van der Waals surface area contributed by atoms with Crippen LogP contribution in [-0.4, -0.2) is 32.8 Å². The molecule has 0 aliphatic rings. The van der Waals surface area contributed by atoms with Crippen molar-refractivity contribution in [3.63, 3.8) is 0 Å². The molecule has 2 aromatic carbocycles. The van der Waals surface area contributed by atoms with Gasteiger partial charge in [0.25, 0.3) is 0 Å². The van der Waals surface area contributed by atoms with Crippen LogP contribution in [0.25, 0.3) is 0 Å². The Morgan fingerprint density at radius 2 is 1.21 bits per heavy atom. The van der Waals surface area contributed by atoms with Gasteiger partial charge in [0.05, 0.1) is 8.07 Å². The number of rotatable bonds is 9. The van der Waals surface area contributed by atoms with Crippen molar-refractivity contribution in [2.24, 2.45) is 0 Å². The van der Waals surface area contributed by atoms with E-state index in [0.717, 1.165) is 36.2 Å². The summed E-state index contributed by atoms with van der Waals surface area (Å²) < 4.78 is 6.51. The molecule has 0 aliphatic heterocycles. The molecule has 0 saturated carbocycles. The Labute approximate surface area is 172 Å². The number of hydrogen-bond donors (Lipinski definition) is 2. The first-order valence-corrected chi connectivity index (χ1v) is 16.7. The van der Waals surface area contributed by atoms with Crippen molar-refractivity contribution in [1.82, 2.24) is 0 Å². The lowest BCUT2D eigenvalue weighted by Crippen LogP contribution is -2.41. The molecule has 0 aromatic heterocycles. The van der Waals surface area contributed by atoms with Gasteiger partial charge in [0.2, 0.25) is 0 Å². The number of aryl methyl sites for hydroxylation is 4. The first-order chi connectivity index (χ1) is 13.0. The van der Waals surface area contributed by atoms with E-state index < -0.39 is 16.4 Å². The molecule has 0 fully saturated rings. The summed E-state index contributed by atoms with van der Waals surface area (Å²) in [4.78, 5) is 0. The fraction of sp³-hybridized carbons (Fsp3) is 0.478. The summed E-state index contributed by atoms with van der Waals surface area (Å²) in [5.74, 6) is 0.744. The van der Waals surface area contributed by atoms with Crippen LogP contribution >= 0.6 is 0 Å². The summed E-state index contributed by atoms with van der Waals surface area (Å²) in [5, 5.41) is 19.4. The molecule has 0 amide bonds. The van der Waals surface area contributed by atoms with Crippen LogP contribution in [0.5, 0.6) is 11.5 Å². The van der Waals surface area contributed by atoms with Gasteiger partial charge in [0.15, 0.2) is 8.32 Å². The van der Waals surface area contributed by atoms with E-state index in [9.17, 15) is 10.2 Å². The fourth-order valence-corrected chi connectivity index (χ4v) is 8.48. The van der Waals surface area contributed by atoms with Crippen molar-refractivity contribution < 1.29 is 14.6 Å². The van der Waals surface area contributed by atoms with Crippen molar-refractivity contribution >= 4 is 16.4 Å². The van der Waals surface area contributed by atoms with Gasteiger partial charge in [-0.2, -0.15) is 0 Å². The third-order valence-corrected chi connectivity index (χ3v) is 10.7. The lowest BCUT2D eigenvalue weighted by atomic mass is 10.1. The Balaban J connectivity index is 1.83. The molecular formula is C23H36O3Si2. The minimum absolute atomic E-state index is 0.369. The van der Waals surface area contributed by atoms with E-state index >= 15 is 0 Å². The second-order valence-corrected chi connectivity index (χ2v) is 18.9. The SMILES string of the molecule is Cc1cc(CC[Si](C)(C)CO[Si](C)(C)CCc2ccc(O)c(C)c2)ccc1O. The second kappa shape index (κ2) is 9.29. The zero-order valence-electron chi connectivity index (χ0n) is 18.3. The average molecular weight is 417 g/mol. The number of phenols is 2. The first kappa shape index (κ1) is 22.7. The molecule has 0 heterocycles. The number of aromatic hydroxyl groups is 2. The van der Waals surface area contributed by atoms with Gasteiger partial charge >= 0.3 is 0 Å². The second-order valence-electron chi connectivity index (χ2n) is 9.45.